The van der Waals surface area contributed by atoms with Crippen LogP contribution in [-0.2, 0) is 0 Å². The Bertz CT molecular complexity index is 532. The van der Waals surface area contributed by atoms with Crippen LogP contribution in [-0.4, -0.2) is 16.4 Å². The van der Waals surface area contributed by atoms with Crippen molar-refractivity contribution >= 4 is 17.3 Å². The fourth-order valence-electron chi connectivity index (χ4n) is 1.63. The first-order valence-electron chi connectivity index (χ1n) is 5.87. The molecule has 0 saturated heterocycles. The molecule has 0 bridgehead atoms. The van der Waals surface area contributed by atoms with Gasteiger partial charge in [0.05, 0.1) is 23.0 Å². The first kappa shape index (κ1) is 12.8. The fraction of sp³-hybridized carbons (Fsp3) is 0.308. The topological polar surface area (TPSA) is 53.1 Å². The van der Waals surface area contributed by atoms with Crippen molar-refractivity contribution in [2.75, 3.05) is 12.3 Å². The average molecular weight is 266 g/mol. The van der Waals surface area contributed by atoms with E-state index in [4.69, 9.17) is 22.1 Å². The first-order chi connectivity index (χ1) is 8.63. The van der Waals surface area contributed by atoms with Crippen molar-refractivity contribution in [2.45, 2.75) is 20.3 Å². The molecule has 2 aromatic rings. The van der Waals surface area contributed by atoms with E-state index >= 15 is 0 Å². The molecule has 0 aliphatic carbocycles. The minimum Gasteiger partial charge on any atom is -0.491 e. The van der Waals surface area contributed by atoms with Crippen molar-refractivity contribution in [3.63, 3.8) is 0 Å². The van der Waals surface area contributed by atoms with Gasteiger partial charge in [-0.2, -0.15) is 5.10 Å². The Balaban J connectivity index is 2.39. The van der Waals surface area contributed by atoms with Gasteiger partial charge in [0.25, 0.3) is 0 Å². The van der Waals surface area contributed by atoms with E-state index in [2.05, 4.69) is 12.0 Å². The Labute approximate surface area is 111 Å². The first-order valence-corrected chi connectivity index (χ1v) is 6.24. The van der Waals surface area contributed by atoms with Crippen LogP contribution in [0.4, 0.5) is 5.69 Å². The van der Waals surface area contributed by atoms with Crippen LogP contribution in [0.3, 0.4) is 0 Å². The Morgan fingerprint density at radius 1 is 1.44 bits per heavy atom. The van der Waals surface area contributed by atoms with E-state index in [1.165, 1.54) is 0 Å². The molecule has 1 aromatic heterocycles. The van der Waals surface area contributed by atoms with Gasteiger partial charge in [-0.25, -0.2) is 4.68 Å². The highest BCUT2D eigenvalue weighted by molar-refractivity contribution is 6.31. The number of hydrogen-bond acceptors (Lipinski definition) is 3. The fourth-order valence-corrected chi connectivity index (χ4v) is 1.76. The molecule has 0 amide bonds. The zero-order chi connectivity index (χ0) is 13.1. The second-order valence-electron chi connectivity index (χ2n) is 4.04. The Morgan fingerprint density at radius 3 is 2.83 bits per heavy atom. The molecule has 18 heavy (non-hydrogen) atoms. The Hall–Kier alpha value is -1.68. The smallest absolute Gasteiger partial charge is 0.144 e. The molecule has 0 saturated carbocycles. The number of halogens is 1. The van der Waals surface area contributed by atoms with Crippen molar-refractivity contribution in [3.8, 4) is 11.4 Å². The number of aryl methyl sites for hydroxylation is 1. The van der Waals surface area contributed by atoms with E-state index in [0.29, 0.717) is 23.1 Å². The number of aromatic nitrogens is 2. The van der Waals surface area contributed by atoms with Crippen LogP contribution in [0, 0.1) is 6.92 Å². The number of benzene rings is 1. The van der Waals surface area contributed by atoms with Gasteiger partial charge in [0.1, 0.15) is 11.4 Å². The van der Waals surface area contributed by atoms with E-state index in [9.17, 15) is 0 Å². The normalized spacial score (nSPS) is 10.6. The molecule has 0 aliphatic heterocycles. The number of nitrogen functional groups attached to an aromatic ring is 1. The lowest BCUT2D eigenvalue weighted by Crippen LogP contribution is -2.04. The molecule has 2 rings (SSSR count). The van der Waals surface area contributed by atoms with E-state index in [1.54, 1.807) is 10.9 Å². The third kappa shape index (κ3) is 2.43. The number of anilines is 1. The second-order valence-corrected chi connectivity index (χ2v) is 4.45. The van der Waals surface area contributed by atoms with Gasteiger partial charge in [-0.3, -0.25) is 0 Å². The minimum absolute atomic E-state index is 0.574. The number of nitrogens with two attached hydrogens (primary N) is 1. The monoisotopic (exact) mass is 265 g/mol. The number of para-hydroxylation sites is 1. The van der Waals surface area contributed by atoms with Crippen molar-refractivity contribution < 1.29 is 4.74 Å². The van der Waals surface area contributed by atoms with E-state index in [0.717, 1.165) is 17.8 Å². The molecule has 0 radical (unpaired) electrons. The zero-order valence-electron chi connectivity index (χ0n) is 10.5. The van der Waals surface area contributed by atoms with Gasteiger partial charge in [0, 0.05) is 6.20 Å². The maximum Gasteiger partial charge on any atom is 0.144 e. The maximum atomic E-state index is 6.09. The van der Waals surface area contributed by atoms with Gasteiger partial charge < -0.3 is 10.5 Å². The lowest BCUT2D eigenvalue weighted by Gasteiger charge is -2.11. The summed E-state index contributed by atoms with van der Waals surface area (Å²) in [6.45, 7) is 4.55. The molecule has 0 aliphatic rings. The predicted molar refractivity (Wildman–Crippen MR) is 73.5 cm³/mol. The van der Waals surface area contributed by atoms with Gasteiger partial charge in [-0.05, 0) is 25.5 Å². The summed E-state index contributed by atoms with van der Waals surface area (Å²) in [4.78, 5) is 0. The van der Waals surface area contributed by atoms with Crippen LogP contribution in [0.2, 0.25) is 5.02 Å². The molecular formula is C13H16ClN3O. The third-order valence-electron chi connectivity index (χ3n) is 2.59. The summed E-state index contributed by atoms with van der Waals surface area (Å²) in [6, 6.07) is 5.63. The predicted octanol–water partition coefficient (Wildman–Crippen LogP) is 3.21. The number of nitrogens with zero attached hydrogens (tertiary/aromatic N) is 2. The Kier molecular flexibility index (Phi) is 3.77. The number of rotatable bonds is 4. The zero-order valence-corrected chi connectivity index (χ0v) is 11.2. The summed E-state index contributed by atoms with van der Waals surface area (Å²) >= 11 is 6.00. The van der Waals surface area contributed by atoms with Crippen LogP contribution >= 0.6 is 11.6 Å². The third-order valence-corrected chi connectivity index (χ3v) is 2.96. The van der Waals surface area contributed by atoms with Crippen molar-refractivity contribution in [1.82, 2.24) is 9.78 Å². The minimum atomic E-state index is 0.574. The van der Waals surface area contributed by atoms with E-state index < -0.39 is 0 Å². The molecule has 96 valence electrons. The summed E-state index contributed by atoms with van der Waals surface area (Å²) in [7, 11) is 0. The van der Waals surface area contributed by atoms with Crippen molar-refractivity contribution in [2.24, 2.45) is 0 Å². The molecule has 0 fully saturated rings. The number of hydrogen-bond donors (Lipinski definition) is 1. The molecule has 0 spiro atoms. The lowest BCUT2D eigenvalue weighted by molar-refractivity contribution is 0.319. The summed E-state index contributed by atoms with van der Waals surface area (Å²) < 4.78 is 7.26. The molecular weight excluding hydrogens is 250 g/mol. The van der Waals surface area contributed by atoms with E-state index in [-0.39, 0.29) is 0 Å². The van der Waals surface area contributed by atoms with Gasteiger partial charge >= 0.3 is 0 Å². The van der Waals surface area contributed by atoms with Crippen molar-refractivity contribution in [1.29, 1.82) is 0 Å². The molecule has 1 aromatic carbocycles. The largest absolute Gasteiger partial charge is 0.491 e. The lowest BCUT2D eigenvalue weighted by atomic mass is 10.2. The van der Waals surface area contributed by atoms with Crippen LogP contribution in [0.1, 0.15) is 19.0 Å². The maximum absolute atomic E-state index is 6.09. The summed E-state index contributed by atoms with van der Waals surface area (Å²) in [6.07, 6.45) is 2.68. The second kappa shape index (κ2) is 5.31. The van der Waals surface area contributed by atoms with Crippen LogP contribution < -0.4 is 10.5 Å². The van der Waals surface area contributed by atoms with Gasteiger partial charge in [-0.15, -0.1) is 0 Å². The van der Waals surface area contributed by atoms with Crippen LogP contribution in [0.25, 0.3) is 5.69 Å². The SMILES string of the molecule is CCCOc1cccc(-n2cc(Cl)c(C)n2)c1N. The molecule has 4 nitrogen and oxygen atoms in total. The van der Waals surface area contributed by atoms with Crippen molar-refractivity contribution in [3.05, 3.63) is 35.1 Å². The van der Waals surface area contributed by atoms with Gasteiger partial charge in [0.2, 0.25) is 0 Å². The molecule has 2 N–H and O–H groups in total. The summed E-state index contributed by atoms with van der Waals surface area (Å²) in [5, 5.41) is 4.93. The quantitative estimate of drug-likeness (QED) is 0.864. The van der Waals surface area contributed by atoms with Crippen LogP contribution in [0.5, 0.6) is 5.75 Å². The standard InChI is InChI=1S/C13H16ClN3O/c1-3-7-18-12-6-4-5-11(13(12)15)17-8-10(14)9(2)16-17/h4-6,8H,3,7,15H2,1-2H3. The van der Waals surface area contributed by atoms with Gasteiger partial charge in [-0.1, -0.05) is 24.6 Å². The van der Waals surface area contributed by atoms with Crippen LogP contribution in [0.15, 0.2) is 24.4 Å². The summed E-state index contributed by atoms with van der Waals surface area (Å²) in [5.74, 6) is 0.679. The van der Waals surface area contributed by atoms with Gasteiger partial charge in [0.15, 0.2) is 0 Å². The highest BCUT2D eigenvalue weighted by atomic mass is 35.5. The molecule has 0 atom stereocenters. The molecule has 0 unspecified atom stereocenters. The Morgan fingerprint density at radius 2 is 2.22 bits per heavy atom. The number of ether oxygens (including phenoxy) is 1. The molecule has 5 heteroatoms. The molecule has 1 heterocycles. The highest BCUT2D eigenvalue weighted by Crippen LogP contribution is 2.29. The highest BCUT2D eigenvalue weighted by Gasteiger charge is 2.10. The average Bonchev–Trinajstić information content (AvgIpc) is 2.68. The van der Waals surface area contributed by atoms with E-state index in [1.807, 2.05) is 25.1 Å². The summed E-state index contributed by atoms with van der Waals surface area (Å²) in [5.41, 5.74) is 8.21.